The number of quaternary nitrogens is 1. The van der Waals surface area contributed by atoms with E-state index in [1.165, 1.54) is 0 Å². The molecule has 0 saturated heterocycles. The van der Waals surface area contributed by atoms with E-state index in [1.807, 2.05) is 0 Å². The zero-order valence-corrected chi connectivity index (χ0v) is 14.1. The summed E-state index contributed by atoms with van der Waals surface area (Å²) in [7, 11) is 0. The minimum atomic E-state index is -0.613. The van der Waals surface area contributed by atoms with Crippen LogP contribution in [0.1, 0.15) is 27.7 Å². The highest BCUT2D eigenvalue weighted by molar-refractivity contribution is 5.86. The van der Waals surface area contributed by atoms with E-state index >= 15 is 0 Å². The number of nitrogens with zero attached hydrogens (tertiary/aromatic N) is 1. The Morgan fingerprint density at radius 3 is 2.06 bits per heavy atom. The number of aliphatic hydroxyl groups is 1. The number of rotatable bonds is 8. The summed E-state index contributed by atoms with van der Waals surface area (Å²) in [6.45, 7) is 15.0. The molecule has 0 heterocycles. The monoisotopic (exact) mass is 371 g/mol. The van der Waals surface area contributed by atoms with E-state index in [2.05, 4.69) is 27.4 Å². The molecule has 5 heteroatoms. The van der Waals surface area contributed by atoms with Gasteiger partial charge in [-0.25, -0.2) is 4.79 Å². The fourth-order valence-corrected chi connectivity index (χ4v) is 1.85. The second-order valence-electron chi connectivity index (χ2n) is 4.51. The molecule has 0 aromatic carbocycles. The molecule has 1 N–H and O–H groups in total. The maximum Gasteiger partial charge on any atom is 0.333 e. The lowest BCUT2D eigenvalue weighted by molar-refractivity contribution is -0.926. The molecular weight excluding hydrogens is 345 g/mol. The second-order valence-corrected chi connectivity index (χ2v) is 4.51. The summed E-state index contributed by atoms with van der Waals surface area (Å²) in [5, 5.41) is 9.89. The van der Waals surface area contributed by atoms with Gasteiger partial charge in [-0.2, -0.15) is 0 Å². The number of likely N-dealkylation sites (N-methyl/N-ethyl adjacent to an activating group) is 1. The van der Waals surface area contributed by atoms with Gasteiger partial charge in [-0.3, -0.25) is 0 Å². The highest BCUT2D eigenvalue weighted by Gasteiger charge is 2.25. The molecule has 0 aromatic heterocycles. The van der Waals surface area contributed by atoms with Crippen LogP contribution in [0.15, 0.2) is 12.2 Å². The van der Waals surface area contributed by atoms with E-state index in [1.54, 1.807) is 6.92 Å². The Bertz CT molecular complexity index is 257. The Labute approximate surface area is 128 Å². The number of aliphatic hydroxyl groups excluding tert-OH is 1. The molecule has 0 spiro atoms. The molecule has 0 aliphatic rings. The van der Waals surface area contributed by atoms with Gasteiger partial charge in [0.25, 0.3) is 0 Å². The molecule has 0 radical (unpaired) electrons. The minimum Gasteiger partial charge on any atom is -1.00 e. The molecule has 1 atom stereocenters. The lowest BCUT2D eigenvalue weighted by Crippen LogP contribution is -3.00. The zero-order chi connectivity index (χ0) is 13.5. The number of ether oxygens (including phenoxy) is 1. The van der Waals surface area contributed by atoms with Crippen LogP contribution in [0.2, 0.25) is 0 Å². The average molecular weight is 371 g/mol. The van der Waals surface area contributed by atoms with Gasteiger partial charge in [0.1, 0.15) is 19.3 Å². The van der Waals surface area contributed by atoms with E-state index in [4.69, 9.17) is 4.74 Å². The fourth-order valence-electron chi connectivity index (χ4n) is 1.85. The van der Waals surface area contributed by atoms with Gasteiger partial charge in [0, 0.05) is 5.57 Å². The van der Waals surface area contributed by atoms with Crippen molar-refractivity contribution in [3.8, 4) is 0 Å². The van der Waals surface area contributed by atoms with Gasteiger partial charge in [-0.05, 0) is 27.7 Å². The molecule has 0 amide bonds. The van der Waals surface area contributed by atoms with Gasteiger partial charge >= 0.3 is 5.97 Å². The number of hydrogen-bond acceptors (Lipinski definition) is 3. The average Bonchev–Trinajstić information content (AvgIpc) is 2.33. The smallest absolute Gasteiger partial charge is 0.333 e. The Hall–Kier alpha value is -0.140. The molecule has 0 rings (SSSR count). The molecule has 4 nitrogen and oxygen atoms in total. The zero-order valence-electron chi connectivity index (χ0n) is 11.9. The van der Waals surface area contributed by atoms with Crippen molar-refractivity contribution in [1.82, 2.24) is 0 Å². The first-order chi connectivity index (χ1) is 7.90. The third kappa shape index (κ3) is 6.70. The fraction of sp³-hybridized carbons (Fsp3) is 0.769. The maximum atomic E-state index is 11.2. The molecule has 18 heavy (non-hydrogen) atoms. The summed E-state index contributed by atoms with van der Waals surface area (Å²) in [4.78, 5) is 11.2. The Morgan fingerprint density at radius 1 is 1.28 bits per heavy atom. The summed E-state index contributed by atoms with van der Waals surface area (Å²) in [5.41, 5.74) is 0.361. The largest absolute Gasteiger partial charge is 1.00 e. The van der Waals surface area contributed by atoms with Gasteiger partial charge < -0.3 is 38.3 Å². The lowest BCUT2D eigenvalue weighted by atomic mass is 10.2. The first kappa shape index (κ1) is 20.2. The first-order valence-corrected chi connectivity index (χ1v) is 6.26. The lowest BCUT2D eigenvalue weighted by Gasteiger charge is -2.37. The minimum absolute atomic E-state index is 0. The summed E-state index contributed by atoms with van der Waals surface area (Å²) in [6.07, 6.45) is -0.613. The third-order valence-corrected chi connectivity index (χ3v) is 3.37. The Morgan fingerprint density at radius 2 is 1.72 bits per heavy atom. The number of esters is 1. The van der Waals surface area contributed by atoms with Gasteiger partial charge in [-0.1, -0.05) is 6.58 Å². The van der Waals surface area contributed by atoms with Crippen molar-refractivity contribution in [2.24, 2.45) is 0 Å². The van der Waals surface area contributed by atoms with Gasteiger partial charge in [0.05, 0.1) is 19.6 Å². The number of hydrogen-bond donors (Lipinski definition) is 1. The van der Waals surface area contributed by atoms with Gasteiger partial charge in [0.2, 0.25) is 0 Å². The van der Waals surface area contributed by atoms with Crippen molar-refractivity contribution in [2.45, 2.75) is 33.8 Å². The van der Waals surface area contributed by atoms with Crippen LogP contribution in [0.5, 0.6) is 0 Å². The van der Waals surface area contributed by atoms with Crippen molar-refractivity contribution >= 4 is 5.97 Å². The van der Waals surface area contributed by atoms with Crippen LogP contribution >= 0.6 is 0 Å². The van der Waals surface area contributed by atoms with Crippen LogP contribution < -0.4 is 24.0 Å². The predicted octanol–water partition coefficient (Wildman–Crippen LogP) is -1.65. The number of carbonyl (C=O) groups excluding carboxylic acids is 1. The highest BCUT2D eigenvalue weighted by atomic mass is 127. The van der Waals surface area contributed by atoms with E-state index in [9.17, 15) is 9.90 Å². The normalized spacial score (nSPS) is 12.5. The van der Waals surface area contributed by atoms with Crippen LogP contribution in [0, 0.1) is 0 Å². The summed E-state index contributed by atoms with van der Waals surface area (Å²) >= 11 is 0. The molecule has 0 aliphatic carbocycles. The molecule has 1 unspecified atom stereocenters. The third-order valence-electron chi connectivity index (χ3n) is 3.37. The number of halogens is 1. The molecule has 0 bridgehead atoms. The summed E-state index contributed by atoms with van der Waals surface area (Å²) in [5.74, 6) is -0.438. The van der Waals surface area contributed by atoms with Gasteiger partial charge in [0.15, 0.2) is 0 Å². The highest BCUT2D eigenvalue weighted by Crippen LogP contribution is 2.08. The second kappa shape index (κ2) is 9.75. The standard InChI is InChI=1S/C13H26NO3.HI/c1-6-14(7-2,8-3)9-12(15)10-17-13(16)11(4)5;/h12,15H,4,6-10H2,1-3,5H3;1H/q+1;/p-1. The predicted molar refractivity (Wildman–Crippen MR) is 68.5 cm³/mol. The van der Waals surface area contributed by atoms with Crippen molar-refractivity contribution in [3.05, 3.63) is 12.2 Å². The van der Waals surface area contributed by atoms with Gasteiger partial charge in [-0.15, -0.1) is 0 Å². The van der Waals surface area contributed by atoms with Crippen molar-refractivity contribution in [2.75, 3.05) is 32.8 Å². The maximum absolute atomic E-state index is 11.2. The van der Waals surface area contributed by atoms with Crippen LogP contribution in [0.25, 0.3) is 0 Å². The molecule has 108 valence electrons. The van der Waals surface area contributed by atoms with Crippen molar-refractivity contribution in [1.29, 1.82) is 0 Å². The molecular formula is C13H26INO3. The topological polar surface area (TPSA) is 46.5 Å². The van der Waals surface area contributed by atoms with E-state index in [0.717, 1.165) is 24.1 Å². The Balaban J connectivity index is 0. The summed E-state index contributed by atoms with van der Waals surface area (Å²) < 4.78 is 5.79. The number of carbonyl (C=O) groups is 1. The molecule has 0 aromatic rings. The van der Waals surface area contributed by atoms with E-state index in [0.29, 0.717) is 12.1 Å². The van der Waals surface area contributed by atoms with Crippen LogP contribution in [-0.2, 0) is 9.53 Å². The van der Waals surface area contributed by atoms with Crippen molar-refractivity contribution in [3.63, 3.8) is 0 Å². The SMILES string of the molecule is C=C(C)C(=O)OCC(O)C[N+](CC)(CC)CC.[I-]. The summed E-state index contributed by atoms with van der Waals surface area (Å²) in [6, 6.07) is 0. The quantitative estimate of drug-likeness (QED) is 0.241. The Kier molecular flexibility index (Phi) is 10.9. The van der Waals surface area contributed by atoms with E-state index < -0.39 is 12.1 Å². The first-order valence-electron chi connectivity index (χ1n) is 6.26. The van der Waals surface area contributed by atoms with E-state index in [-0.39, 0.29) is 30.6 Å². The molecule has 0 fully saturated rings. The van der Waals surface area contributed by atoms with Crippen LogP contribution in [-0.4, -0.2) is 54.4 Å². The molecule has 0 saturated carbocycles. The van der Waals surface area contributed by atoms with Crippen LogP contribution in [0.3, 0.4) is 0 Å². The van der Waals surface area contributed by atoms with Crippen LogP contribution in [0.4, 0.5) is 0 Å². The molecule has 0 aliphatic heterocycles. The van der Waals surface area contributed by atoms with Crippen molar-refractivity contribution < 1.29 is 43.1 Å².